The summed E-state index contributed by atoms with van der Waals surface area (Å²) in [6.45, 7) is 19.3. The highest BCUT2D eigenvalue weighted by Gasteiger charge is 2.33. The van der Waals surface area contributed by atoms with Crippen LogP contribution in [0.1, 0.15) is 70.2 Å². The topological polar surface area (TPSA) is 17.1 Å². The summed E-state index contributed by atoms with van der Waals surface area (Å²) in [5.74, 6) is 0.488. The molecular formula is C21H34O. The highest BCUT2D eigenvalue weighted by atomic mass is 16.1. The van der Waals surface area contributed by atoms with E-state index in [-0.39, 0.29) is 16.7 Å². The lowest BCUT2D eigenvalue weighted by Crippen LogP contribution is -2.32. The maximum atomic E-state index is 12.9. The Balaban J connectivity index is 3.17. The molecule has 0 aliphatic heterocycles. The molecule has 1 aromatic rings. The van der Waals surface area contributed by atoms with Crippen molar-refractivity contribution in [1.29, 1.82) is 0 Å². The van der Waals surface area contributed by atoms with E-state index in [0.29, 0.717) is 5.78 Å². The van der Waals surface area contributed by atoms with Crippen LogP contribution in [-0.4, -0.2) is 5.78 Å². The van der Waals surface area contributed by atoms with Crippen molar-refractivity contribution in [3.63, 3.8) is 0 Å². The molecular weight excluding hydrogens is 268 g/mol. The van der Waals surface area contributed by atoms with E-state index < -0.39 is 0 Å². The first kappa shape index (κ1) is 18.9. The molecule has 124 valence electrons. The smallest absolute Gasteiger partial charge is 0.141 e. The summed E-state index contributed by atoms with van der Waals surface area (Å²) in [6, 6.07) is 4.47. The predicted octanol–water partition coefficient (Wildman–Crippen LogP) is 5.82. The molecule has 0 aliphatic rings. The van der Waals surface area contributed by atoms with Crippen LogP contribution in [0, 0.1) is 37.5 Å². The van der Waals surface area contributed by atoms with Crippen LogP contribution in [0.4, 0.5) is 0 Å². The number of hydrogen-bond acceptors (Lipinski definition) is 1. The molecule has 0 radical (unpaired) electrons. The fourth-order valence-electron chi connectivity index (χ4n) is 3.39. The fraction of sp³-hybridized carbons (Fsp3) is 0.667. The lowest BCUT2D eigenvalue weighted by Gasteiger charge is -2.31. The molecule has 0 heterocycles. The Morgan fingerprint density at radius 1 is 0.955 bits per heavy atom. The number of rotatable bonds is 4. The molecule has 0 aliphatic carbocycles. The molecule has 1 rings (SSSR count). The van der Waals surface area contributed by atoms with Gasteiger partial charge in [-0.15, -0.1) is 0 Å². The summed E-state index contributed by atoms with van der Waals surface area (Å²) < 4.78 is 0. The van der Waals surface area contributed by atoms with E-state index >= 15 is 0 Å². The summed E-state index contributed by atoms with van der Waals surface area (Å²) in [6.07, 6.45) is 1.81. The Morgan fingerprint density at radius 2 is 1.41 bits per heavy atom. The van der Waals surface area contributed by atoms with Gasteiger partial charge in [0.1, 0.15) is 5.78 Å². The van der Waals surface area contributed by atoms with Gasteiger partial charge in [-0.05, 0) is 55.7 Å². The number of hydrogen-bond donors (Lipinski definition) is 0. The molecule has 0 saturated heterocycles. The average molecular weight is 303 g/mol. The zero-order valence-corrected chi connectivity index (χ0v) is 16.1. The van der Waals surface area contributed by atoms with E-state index in [1.807, 2.05) is 20.8 Å². The first-order valence-electron chi connectivity index (χ1n) is 8.42. The van der Waals surface area contributed by atoms with Crippen molar-refractivity contribution in [3.05, 3.63) is 34.4 Å². The molecule has 1 heteroatoms. The molecule has 0 fully saturated rings. The summed E-state index contributed by atoms with van der Waals surface area (Å²) >= 11 is 0. The zero-order valence-electron chi connectivity index (χ0n) is 16.1. The molecule has 0 bridgehead atoms. The first-order chi connectivity index (χ1) is 9.81. The lowest BCUT2D eigenvalue weighted by molar-refractivity contribution is -0.131. The molecule has 0 N–H and O–H groups in total. The molecule has 22 heavy (non-hydrogen) atoms. The number of carbonyl (C=O) groups excluding carboxylic acids is 1. The van der Waals surface area contributed by atoms with Gasteiger partial charge < -0.3 is 0 Å². The Bertz CT molecular complexity index is 515. The third-order valence-electron chi connectivity index (χ3n) is 4.26. The second-order valence-electron chi connectivity index (χ2n) is 9.16. The molecule has 0 saturated carbocycles. The van der Waals surface area contributed by atoms with Crippen molar-refractivity contribution in [2.24, 2.45) is 16.7 Å². The Morgan fingerprint density at radius 3 is 1.77 bits per heavy atom. The quantitative estimate of drug-likeness (QED) is 0.684. The number of Topliss-reactive ketones (excluding diaryl/α,β-unsaturated/α-hetero) is 1. The average Bonchev–Trinajstić information content (AvgIpc) is 2.28. The van der Waals surface area contributed by atoms with Crippen LogP contribution in [0.5, 0.6) is 0 Å². The third-order valence-corrected chi connectivity index (χ3v) is 4.26. The fourth-order valence-corrected chi connectivity index (χ4v) is 3.39. The zero-order chi connectivity index (χ0) is 17.3. The minimum atomic E-state index is -0.275. The van der Waals surface area contributed by atoms with Gasteiger partial charge in [0.2, 0.25) is 0 Å². The molecule has 1 nitrogen and oxygen atoms in total. The SMILES string of the molecule is Cc1cc(C)c(C[C@H](CC(C)(C)C)C(=O)C(C)(C)C)c(C)c1. The highest BCUT2D eigenvalue weighted by molar-refractivity contribution is 5.86. The maximum Gasteiger partial charge on any atom is 0.141 e. The minimum absolute atomic E-state index is 0.0973. The van der Waals surface area contributed by atoms with E-state index in [1.54, 1.807) is 0 Å². The van der Waals surface area contributed by atoms with Gasteiger partial charge in [0, 0.05) is 11.3 Å². The molecule has 0 unspecified atom stereocenters. The van der Waals surface area contributed by atoms with Crippen molar-refractivity contribution in [2.75, 3.05) is 0 Å². The van der Waals surface area contributed by atoms with E-state index in [0.717, 1.165) is 12.8 Å². The van der Waals surface area contributed by atoms with E-state index in [4.69, 9.17) is 0 Å². The summed E-state index contributed by atoms with van der Waals surface area (Å²) in [5, 5.41) is 0. The molecule has 0 spiro atoms. The molecule has 1 aromatic carbocycles. The maximum absolute atomic E-state index is 12.9. The van der Waals surface area contributed by atoms with Gasteiger partial charge in [-0.25, -0.2) is 0 Å². The van der Waals surface area contributed by atoms with E-state index in [9.17, 15) is 4.79 Å². The van der Waals surface area contributed by atoms with E-state index in [1.165, 1.54) is 22.3 Å². The van der Waals surface area contributed by atoms with Gasteiger partial charge in [0.05, 0.1) is 0 Å². The van der Waals surface area contributed by atoms with Crippen LogP contribution in [0.25, 0.3) is 0 Å². The van der Waals surface area contributed by atoms with Crippen LogP contribution in [-0.2, 0) is 11.2 Å². The van der Waals surface area contributed by atoms with Crippen molar-refractivity contribution < 1.29 is 4.79 Å². The molecule has 0 amide bonds. The standard InChI is InChI=1S/C21H34O/c1-14-10-15(2)18(16(3)11-14)12-17(13-20(4,5)6)19(22)21(7,8)9/h10-11,17H,12-13H2,1-9H3/t17-/m1/s1. The van der Waals surface area contributed by atoms with Crippen LogP contribution in [0.15, 0.2) is 12.1 Å². The van der Waals surface area contributed by atoms with Gasteiger partial charge >= 0.3 is 0 Å². The third kappa shape index (κ3) is 5.26. The number of ketones is 1. The normalized spacial score (nSPS) is 14.0. The first-order valence-corrected chi connectivity index (χ1v) is 8.42. The second-order valence-corrected chi connectivity index (χ2v) is 9.16. The van der Waals surface area contributed by atoms with Gasteiger partial charge in [-0.2, -0.15) is 0 Å². The van der Waals surface area contributed by atoms with Crippen molar-refractivity contribution in [3.8, 4) is 0 Å². The Kier molecular flexibility index (Phi) is 5.65. The largest absolute Gasteiger partial charge is 0.299 e. The van der Waals surface area contributed by atoms with Gasteiger partial charge in [-0.3, -0.25) is 4.79 Å². The minimum Gasteiger partial charge on any atom is -0.299 e. The molecule has 1 atom stereocenters. The van der Waals surface area contributed by atoms with Crippen LogP contribution in [0.3, 0.4) is 0 Å². The number of benzene rings is 1. The van der Waals surface area contributed by atoms with Gasteiger partial charge in [0.15, 0.2) is 0 Å². The van der Waals surface area contributed by atoms with E-state index in [2.05, 4.69) is 53.7 Å². The summed E-state index contributed by atoms with van der Waals surface area (Å²) in [4.78, 5) is 12.9. The summed E-state index contributed by atoms with van der Waals surface area (Å²) in [7, 11) is 0. The van der Waals surface area contributed by atoms with Crippen molar-refractivity contribution in [1.82, 2.24) is 0 Å². The Hall–Kier alpha value is -1.11. The lowest BCUT2D eigenvalue weighted by atomic mass is 9.73. The monoisotopic (exact) mass is 302 g/mol. The van der Waals surface area contributed by atoms with Crippen LogP contribution < -0.4 is 0 Å². The Labute approximate surface area is 137 Å². The van der Waals surface area contributed by atoms with Crippen LogP contribution in [0.2, 0.25) is 0 Å². The number of aryl methyl sites for hydroxylation is 3. The number of carbonyl (C=O) groups is 1. The van der Waals surface area contributed by atoms with Gasteiger partial charge in [0.25, 0.3) is 0 Å². The summed E-state index contributed by atoms with van der Waals surface area (Å²) in [5.41, 5.74) is 5.18. The highest BCUT2D eigenvalue weighted by Crippen LogP contribution is 2.33. The van der Waals surface area contributed by atoms with Crippen molar-refractivity contribution in [2.45, 2.75) is 75.2 Å². The van der Waals surface area contributed by atoms with Gasteiger partial charge in [-0.1, -0.05) is 59.2 Å². The van der Waals surface area contributed by atoms with Crippen LogP contribution >= 0.6 is 0 Å². The predicted molar refractivity (Wildman–Crippen MR) is 96.4 cm³/mol. The second kappa shape index (κ2) is 6.56. The van der Waals surface area contributed by atoms with Crippen molar-refractivity contribution >= 4 is 5.78 Å². The molecule has 0 aromatic heterocycles.